The van der Waals surface area contributed by atoms with Gasteiger partial charge in [-0.1, -0.05) is 18.2 Å². The van der Waals surface area contributed by atoms with Gasteiger partial charge in [-0.15, -0.1) is 0 Å². The van der Waals surface area contributed by atoms with E-state index >= 15 is 0 Å². The van der Waals surface area contributed by atoms with E-state index in [0.29, 0.717) is 12.2 Å². The maximum atomic E-state index is 12.0. The number of nitrogens with zero attached hydrogens (tertiary/aromatic N) is 2. The van der Waals surface area contributed by atoms with Crippen LogP contribution in [0, 0.1) is 11.1 Å². The Morgan fingerprint density at radius 3 is 2.60 bits per heavy atom. The third-order valence-corrected chi connectivity index (χ3v) is 5.06. The molecule has 4 N–H and O–H groups in total. The molecule has 9 heteroatoms. The third-order valence-electron chi connectivity index (χ3n) is 4.09. The van der Waals surface area contributed by atoms with Crippen LogP contribution in [-0.2, 0) is 16.4 Å². The van der Waals surface area contributed by atoms with Crippen molar-refractivity contribution in [1.29, 1.82) is 11.1 Å². The Hall–Kier alpha value is -2.65. The van der Waals surface area contributed by atoms with Gasteiger partial charge in [-0.05, 0) is 47.7 Å². The maximum absolute atomic E-state index is 12.0. The minimum absolute atomic E-state index is 0.131. The first-order valence-corrected chi connectivity index (χ1v) is 9.15. The maximum Gasteiger partial charge on any atom is 0.238 e. The predicted molar refractivity (Wildman–Crippen MR) is 90.1 cm³/mol. The third kappa shape index (κ3) is 3.28. The fourth-order valence-corrected chi connectivity index (χ4v) is 3.79. The van der Waals surface area contributed by atoms with Gasteiger partial charge in [0.2, 0.25) is 16.2 Å². The molecule has 25 heavy (non-hydrogen) atoms. The van der Waals surface area contributed by atoms with Crippen molar-refractivity contribution in [3.8, 4) is 16.9 Å². The van der Waals surface area contributed by atoms with Crippen LogP contribution in [0.15, 0.2) is 51.5 Å². The SMILES string of the molecule is N=NC(N=N)c1c(-c2ccc3c(c2)CCCO3)cccc1S(N)(=O)=O. The number of hydrogen-bond acceptors (Lipinski definition) is 7. The minimum Gasteiger partial charge on any atom is -0.493 e. The molecular formula is C16H17N5O3S. The molecule has 2 aromatic rings. The van der Waals surface area contributed by atoms with Gasteiger partial charge in [0.1, 0.15) is 5.75 Å². The van der Waals surface area contributed by atoms with Crippen LogP contribution in [0.5, 0.6) is 5.75 Å². The molecule has 1 aliphatic heterocycles. The summed E-state index contributed by atoms with van der Waals surface area (Å²) in [6.07, 6.45) is 0.507. The molecule has 0 aromatic heterocycles. The van der Waals surface area contributed by atoms with Crippen molar-refractivity contribution in [2.45, 2.75) is 23.9 Å². The molecule has 0 spiro atoms. The van der Waals surface area contributed by atoms with Crippen LogP contribution in [0.3, 0.4) is 0 Å². The van der Waals surface area contributed by atoms with Gasteiger partial charge in [0.15, 0.2) is 0 Å². The summed E-state index contributed by atoms with van der Waals surface area (Å²) in [5, 5.41) is 11.9. The molecule has 1 aliphatic rings. The van der Waals surface area contributed by atoms with E-state index in [1.165, 1.54) is 6.07 Å². The molecule has 3 rings (SSSR count). The first-order valence-electron chi connectivity index (χ1n) is 7.60. The Morgan fingerprint density at radius 1 is 1.16 bits per heavy atom. The van der Waals surface area contributed by atoms with Crippen molar-refractivity contribution in [1.82, 2.24) is 0 Å². The quantitative estimate of drug-likeness (QED) is 0.704. The fraction of sp³-hybridized carbons (Fsp3) is 0.250. The van der Waals surface area contributed by atoms with Gasteiger partial charge in [0.25, 0.3) is 0 Å². The standard InChI is InChI=1S/C16H17N5O3S/c17-20-16(21-18)15-12(4-1-5-14(15)25(19,22)23)10-6-7-13-11(9-10)3-2-8-24-13/h1,4-7,9,16-18H,2-3,8H2,(H2,19,22,23). The Balaban J connectivity index is 2.25. The number of sulfonamides is 1. The number of nitrogens with two attached hydrogens (primary N) is 1. The van der Waals surface area contributed by atoms with E-state index in [-0.39, 0.29) is 10.5 Å². The van der Waals surface area contributed by atoms with Crippen LogP contribution in [-0.4, -0.2) is 15.0 Å². The highest BCUT2D eigenvalue weighted by molar-refractivity contribution is 7.89. The van der Waals surface area contributed by atoms with E-state index < -0.39 is 16.2 Å². The Morgan fingerprint density at radius 2 is 1.92 bits per heavy atom. The monoisotopic (exact) mass is 359 g/mol. The normalized spacial score (nSPS) is 14.9. The van der Waals surface area contributed by atoms with Gasteiger partial charge in [0.05, 0.1) is 11.5 Å². The van der Waals surface area contributed by atoms with Crippen LogP contribution in [0.4, 0.5) is 0 Å². The number of primary sulfonamides is 1. The van der Waals surface area contributed by atoms with E-state index in [1.807, 2.05) is 12.1 Å². The zero-order chi connectivity index (χ0) is 18.0. The summed E-state index contributed by atoms with van der Waals surface area (Å²) in [4.78, 5) is -0.184. The molecule has 0 bridgehead atoms. The molecule has 2 aromatic carbocycles. The number of hydrogen-bond donors (Lipinski definition) is 3. The van der Waals surface area contributed by atoms with E-state index in [1.54, 1.807) is 18.2 Å². The zero-order valence-corrected chi connectivity index (χ0v) is 14.1. The summed E-state index contributed by atoms with van der Waals surface area (Å²) in [7, 11) is -4.06. The number of fused-ring (bicyclic) bond motifs is 1. The fourth-order valence-electron chi connectivity index (χ4n) is 3.00. The van der Waals surface area contributed by atoms with E-state index in [9.17, 15) is 8.42 Å². The molecule has 0 saturated carbocycles. The van der Waals surface area contributed by atoms with Gasteiger partial charge in [-0.2, -0.15) is 10.2 Å². The Labute approximate surface area is 145 Å². The average molecular weight is 359 g/mol. The van der Waals surface area contributed by atoms with Crippen molar-refractivity contribution in [2.24, 2.45) is 15.4 Å². The molecule has 0 saturated heterocycles. The molecule has 130 valence electrons. The lowest BCUT2D eigenvalue weighted by Gasteiger charge is -2.20. The number of rotatable bonds is 5. The minimum atomic E-state index is -4.06. The van der Waals surface area contributed by atoms with E-state index in [2.05, 4.69) is 10.2 Å². The van der Waals surface area contributed by atoms with E-state index in [0.717, 1.165) is 29.7 Å². The summed E-state index contributed by atoms with van der Waals surface area (Å²) >= 11 is 0. The van der Waals surface area contributed by atoms with Crippen molar-refractivity contribution >= 4 is 10.0 Å². The van der Waals surface area contributed by atoms with Crippen molar-refractivity contribution in [2.75, 3.05) is 6.61 Å². The summed E-state index contributed by atoms with van der Waals surface area (Å²) in [6.45, 7) is 0.677. The lowest BCUT2D eigenvalue weighted by Crippen LogP contribution is -2.16. The molecule has 1 heterocycles. The highest BCUT2D eigenvalue weighted by Crippen LogP contribution is 2.37. The summed E-state index contributed by atoms with van der Waals surface area (Å²) in [5.41, 5.74) is 16.9. The van der Waals surface area contributed by atoms with Crippen molar-refractivity contribution < 1.29 is 13.2 Å². The summed E-state index contributed by atoms with van der Waals surface area (Å²) in [5.74, 6) is 0.811. The van der Waals surface area contributed by atoms with Crippen LogP contribution >= 0.6 is 0 Å². The molecule has 0 amide bonds. The second-order valence-electron chi connectivity index (χ2n) is 5.67. The number of ether oxygens (including phenoxy) is 1. The first kappa shape index (κ1) is 17.2. The largest absolute Gasteiger partial charge is 0.493 e. The molecule has 0 fully saturated rings. The summed E-state index contributed by atoms with van der Waals surface area (Å²) in [6, 6.07) is 10.2. The average Bonchev–Trinajstić information content (AvgIpc) is 2.61. The second-order valence-corrected chi connectivity index (χ2v) is 7.20. The van der Waals surface area contributed by atoms with Gasteiger partial charge in [0, 0.05) is 5.56 Å². The molecule has 0 unspecified atom stereocenters. The molecule has 0 atom stereocenters. The molecule has 0 radical (unpaired) electrons. The second kappa shape index (κ2) is 6.69. The molecule has 8 nitrogen and oxygen atoms in total. The Bertz CT molecular complexity index is 935. The van der Waals surface area contributed by atoms with Gasteiger partial charge in [-0.3, -0.25) is 0 Å². The summed E-state index contributed by atoms with van der Waals surface area (Å²) < 4.78 is 29.5. The number of nitrogens with one attached hydrogen (secondary N) is 2. The topological polar surface area (TPSA) is 142 Å². The van der Waals surface area contributed by atoms with Crippen LogP contribution in [0.25, 0.3) is 11.1 Å². The lowest BCUT2D eigenvalue weighted by atomic mass is 9.94. The van der Waals surface area contributed by atoms with Crippen LogP contribution < -0.4 is 9.88 Å². The van der Waals surface area contributed by atoms with E-state index in [4.69, 9.17) is 20.9 Å². The molecular weight excluding hydrogens is 342 g/mol. The highest BCUT2D eigenvalue weighted by atomic mass is 32.2. The number of aryl methyl sites for hydroxylation is 1. The van der Waals surface area contributed by atoms with Gasteiger partial charge in [-0.25, -0.2) is 24.6 Å². The molecule has 0 aliphatic carbocycles. The lowest BCUT2D eigenvalue weighted by molar-refractivity contribution is 0.288. The van der Waals surface area contributed by atoms with Gasteiger partial charge >= 0.3 is 0 Å². The van der Waals surface area contributed by atoms with Gasteiger partial charge < -0.3 is 4.74 Å². The zero-order valence-electron chi connectivity index (χ0n) is 13.3. The predicted octanol–water partition coefficient (Wildman–Crippen LogP) is 3.39. The van der Waals surface area contributed by atoms with Crippen molar-refractivity contribution in [3.05, 3.63) is 47.5 Å². The first-order chi connectivity index (χ1) is 12.0. The number of benzene rings is 2. The van der Waals surface area contributed by atoms with Crippen LogP contribution in [0.1, 0.15) is 23.7 Å². The van der Waals surface area contributed by atoms with Crippen molar-refractivity contribution in [3.63, 3.8) is 0 Å². The highest BCUT2D eigenvalue weighted by Gasteiger charge is 2.25. The van der Waals surface area contributed by atoms with Crippen LogP contribution in [0.2, 0.25) is 0 Å². The smallest absolute Gasteiger partial charge is 0.238 e. The Kier molecular flexibility index (Phi) is 4.60.